The number of ether oxygens (including phenoxy) is 1. The van der Waals surface area contributed by atoms with Gasteiger partial charge in [0.15, 0.2) is 5.78 Å². The molecule has 1 amide bonds. The minimum absolute atomic E-state index is 0.00111. The molecule has 9 nitrogen and oxygen atoms in total. The quantitative estimate of drug-likeness (QED) is 0.357. The van der Waals surface area contributed by atoms with Crippen LogP contribution in [0.1, 0.15) is 48.5 Å². The zero-order chi connectivity index (χ0) is 28.4. The van der Waals surface area contributed by atoms with E-state index in [4.69, 9.17) is 4.74 Å². The summed E-state index contributed by atoms with van der Waals surface area (Å²) >= 11 is 0. The summed E-state index contributed by atoms with van der Waals surface area (Å²) in [7, 11) is 0. The Morgan fingerprint density at radius 3 is 2.62 bits per heavy atom. The highest BCUT2D eigenvalue weighted by molar-refractivity contribution is 6.04. The first kappa shape index (κ1) is 26.8. The average Bonchev–Trinajstić information content (AvgIpc) is 2.95. The van der Waals surface area contributed by atoms with E-state index in [1.165, 1.54) is 23.6 Å². The second-order valence-corrected chi connectivity index (χ2v) is 9.94. The first-order valence-electron chi connectivity index (χ1n) is 13.2. The van der Waals surface area contributed by atoms with Crippen LogP contribution in [0.2, 0.25) is 0 Å². The van der Waals surface area contributed by atoms with Gasteiger partial charge in [0, 0.05) is 54.0 Å². The number of amides is 1. The number of rotatable bonds is 7. The van der Waals surface area contributed by atoms with Gasteiger partial charge in [-0.15, -0.1) is 6.58 Å². The van der Waals surface area contributed by atoms with Crippen LogP contribution in [0, 0.1) is 5.92 Å². The van der Waals surface area contributed by atoms with E-state index in [0.29, 0.717) is 23.3 Å². The summed E-state index contributed by atoms with van der Waals surface area (Å²) in [6, 6.07) is 12.3. The van der Waals surface area contributed by atoms with Crippen molar-refractivity contribution in [2.24, 2.45) is 5.92 Å². The van der Waals surface area contributed by atoms with E-state index >= 15 is 0 Å². The number of para-hydroxylation sites is 1. The molecule has 2 aromatic heterocycles. The van der Waals surface area contributed by atoms with Gasteiger partial charge in [0.25, 0.3) is 11.5 Å². The number of hydrogen-bond acceptors (Lipinski definition) is 7. The van der Waals surface area contributed by atoms with Crippen LogP contribution in [-0.2, 0) is 20.9 Å². The molecule has 1 aromatic carbocycles. The number of carbonyl (C=O) groups excluding carboxylic acids is 3. The van der Waals surface area contributed by atoms with Gasteiger partial charge >= 0.3 is 5.97 Å². The molecule has 0 saturated carbocycles. The topological polar surface area (TPSA) is 111 Å². The Bertz CT molecular complexity index is 1640. The third-order valence-corrected chi connectivity index (χ3v) is 7.17. The Hall–Kier alpha value is -4.79. The molecule has 1 aliphatic heterocycles. The molecule has 0 spiro atoms. The van der Waals surface area contributed by atoms with Crippen molar-refractivity contribution >= 4 is 28.6 Å². The van der Waals surface area contributed by atoms with E-state index in [0.717, 1.165) is 10.9 Å². The lowest BCUT2D eigenvalue weighted by Gasteiger charge is -2.39. The lowest BCUT2D eigenvalue weighted by Crippen LogP contribution is -2.45. The van der Waals surface area contributed by atoms with E-state index in [2.05, 4.69) is 17.0 Å². The molecule has 0 radical (unpaired) electrons. The zero-order valence-electron chi connectivity index (χ0n) is 22.4. The number of esters is 1. The fourth-order valence-corrected chi connectivity index (χ4v) is 5.45. The van der Waals surface area contributed by atoms with Crippen molar-refractivity contribution in [3.63, 3.8) is 0 Å². The molecule has 2 aliphatic rings. The van der Waals surface area contributed by atoms with Crippen LogP contribution in [-0.4, -0.2) is 38.8 Å². The number of pyridine rings is 2. The monoisotopic (exact) mass is 538 g/mol. The number of benzene rings is 1. The largest absolute Gasteiger partial charge is 0.463 e. The third-order valence-electron chi connectivity index (χ3n) is 7.17. The van der Waals surface area contributed by atoms with E-state index in [1.54, 1.807) is 35.8 Å². The highest BCUT2D eigenvalue weighted by Crippen LogP contribution is 2.44. The molecule has 0 fully saturated rings. The molecule has 3 heterocycles. The van der Waals surface area contributed by atoms with E-state index in [1.807, 2.05) is 31.2 Å². The summed E-state index contributed by atoms with van der Waals surface area (Å²) in [6.45, 7) is 7.80. The maximum absolute atomic E-state index is 14.0. The number of ketones is 1. The molecule has 204 valence electrons. The van der Waals surface area contributed by atoms with Crippen LogP contribution in [0.5, 0.6) is 0 Å². The van der Waals surface area contributed by atoms with Crippen LogP contribution in [0.15, 0.2) is 95.4 Å². The number of nitrogens with zero attached hydrogens (tertiary/aromatic N) is 3. The third kappa shape index (κ3) is 4.86. The van der Waals surface area contributed by atoms with E-state index < -0.39 is 17.8 Å². The molecule has 3 aromatic rings. The van der Waals surface area contributed by atoms with Crippen molar-refractivity contribution in [3.8, 4) is 0 Å². The minimum Gasteiger partial charge on any atom is -0.463 e. The zero-order valence-corrected chi connectivity index (χ0v) is 22.4. The maximum Gasteiger partial charge on any atom is 0.336 e. The first-order chi connectivity index (χ1) is 19.3. The summed E-state index contributed by atoms with van der Waals surface area (Å²) in [5, 5.41) is 2.23. The van der Waals surface area contributed by atoms with Gasteiger partial charge in [0.05, 0.1) is 23.6 Å². The number of allylic oxidation sites excluding steroid dienone is 3. The summed E-state index contributed by atoms with van der Waals surface area (Å²) in [6.07, 6.45) is 6.85. The Kier molecular flexibility index (Phi) is 7.46. The number of aromatic nitrogens is 2. The molecule has 1 aliphatic carbocycles. The smallest absolute Gasteiger partial charge is 0.336 e. The summed E-state index contributed by atoms with van der Waals surface area (Å²) in [5.74, 6) is -2.25. The Labute approximate surface area is 231 Å². The first-order valence-corrected chi connectivity index (χ1v) is 13.2. The summed E-state index contributed by atoms with van der Waals surface area (Å²) in [4.78, 5) is 58.2. The number of nitrogens with one attached hydrogen (secondary N) is 1. The van der Waals surface area contributed by atoms with Crippen molar-refractivity contribution in [2.75, 3.05) is 6.61 Å². The standard InChI is InChI=1S/C31H30N4O5/c1-4-14-34-24-9-7-6-8-21(24)17-22(30(34)38)27-23(31(39)40-5-2)18-35(25-15-19(3)16-26(36)28(25)27)33-29(37)20-10-12-32-13-11-20/h4,6-13,17-19,27H,1,5,14-16H2,2-3H3,(H,33,37). The fourth-order valence-electron chi connectivity index (χ4n) is 5.45. The number of hydrazine groups is 1. The molecular weight excluding hydrogens is 508 g/mol. The van der Waals surface area contributed by atoms with Gasteiger partial charge in [0.2, 0.25) is 0 Å². The number of fused-ring (bicyclic) bond motifs is 1. The van der Waals surface area contributed by atoms with Crippen molar-refractivity contribution < 1.29 is 19.1 Å². The van der Waals surface area contributed by atoms with Gasteiger partial charge in [-0.1, -0.05) is 31.2 Å². The average molecular weight is 539 g/mol. The fraction of sp³-hybridized carbons (Fsp3) is 0.258. The Morgan fingerprint density at radius 1 is 1.15 bits per heavy atom. The van der Waals surface area contributed by atoms with Crippen molar-refractivity contribution in [3.05, 3.63) is 112 Å². The number of hydrogen-bond donors (Lipinski definition) is 1. The second-order valence-electron chi connectivity index (χ2n) is 9.94. The molecule has 5 rings (SSSR count). The van der Waals surface area contributed by atoms with Crippen LogP contribution in [0.25, 0.3) is 10.9 Å². The van der Waals surface area contributed by atoms with Gasteiger partial charge < -0.3 is 9.30 Å². The predicted octanol–water partition coefficient (Wildman–Crippen LogP) is 4.03. The molecule has 1 N–H and O–H groups in total. The molecule has 40 heavy (non-hydrogen) atoms. The second kappa shape index (κ2) is 11.1. The molecule has 9 heteroatoms. The highest BCUT2D eigenvalue weighted by atomic mass is 16.5. The van der Waals surface area contributed by atoms with Crippen LogP contribution >= 0.6 is 0 Å². The van der Waals surface area contributed by atoms with Gasteiger partial charge in [-0.3, -0.25) is 29.8 Å². The van der Waals surface area contributed by atoms with Gasteiger partial charge in [-0.2, -0.15) is 0 Å². The van der Waals surface area contributed by atoms with Crippen molar-refractivity contribution in [2.45, 2.75) is 39.2 Å². The Balaban J connectivity index is 1.73. The number of carbonyl (C=O) groups is 3. The van der Waals surface area contributed by atoms with Crippen LogP contribution < -0.4 is 11.0 Å². The SMILES string of the molecule is C=CCn1c(=O)c(C2C(C(=O)OCC)=CN(NC(=O)c3ccncc3)C3=C2C(=O)CC(C)C3)cc2ccccc21. The summed E-state index contributed by atoms with van der Waals surface area (Å²) < 4.78 is 6.99. The molecular formula is C31H30N4O5. The van der Waals surface area contributed by atoms with E-state index in [-0.39, 0.29) is 48.0 Å². The highest BCUT2D eigenvalue weighted by Gasteiger charge is 2.43. The van der Waals surface area contributed by atoms with Crippen molar-refractivity contribution in [1.82, 2.24) is 20.0 Å². The lowest BCUT2D eigenvalue weighted by molar-refractivity contribution is -0.138. The minimum atomic E-state index is -0.962. The number of Topliss-reactive ketones (excluding diaryl/α,β-unsaturated/α-hetero) is 1. The van der Waals surface area contributed by atoms with Gasteiger partial charge in [-0.05, 0) is 48.9 Å². The Morgan fingerprint density at radius 2 is 1.90 bits per heavy atom. The maximum atomic E-state index is 14.0. The van der Waals surface area contributed by atoms with Crippen LogP contribution in [0.4, 0.5) is 0 Å². The molecule has 0 saturated heterocycles. The van der Waals surface area contributed by atoms with Crippen molar-refractivity contribution in [1.29, 1.82) is 0 Å². The van der Waals surface area contributed by atoms with E-state index in [9.17, 15) is 19.2 Å². The summed E-state index contributed by atoms with van der Waals surface area (Å²) in [5.41, 5.74) is 4.83. The molecule has 2 unspecified atom stereocenters. The van der Waals surface area contributed by atoms with Crippen LogP contribution in [0.3, 0.4) is 0 Å². The lowest BCUT2D eigenvalue weighted by atomic mass is 9.74. The van der Waals surface area contributed by atoms with Gasteiger partial charge in [0.1, 0.15) is 0 Å². The normalized spacial score (nSPS) is 18.7. The predicted molar refractivity (Wildman–Crippen MR) is 150 cm³/mol. The van der Waals surface area contributed by atoms with Gasteiger partial charge in [-0.25, -0.2) is 4.79 Å². The molecule has 0 bridgehead atoms. The molecule has 2 atom stereocenters.